The van der Waals surface area contributed by atoms with Crippen molar-refractivity contribution in [2.45, 2.75) is 0 Å². The summed E-state index contributed by atoms with van der Waals surface area (Å²) in [6.45, 7) is 0. The van der Waals surface area contributed by atoms with Crippen LogP contribution in [0.3, 0.4) is 0 Å². The number of carbonyl (C=O) groups is 1. The van der Waals surface area contributed by atoms with E-state index >= 15 is 0 Å². The Balaban J connectivity index is 2.95. The van der Waals surface area contributed by atoms with E-state index in [2.05, 4.69) is 15.8 Å². The molecule has 8 heteroatoms. The molecule has 0 aromatic carbocycles. The van der Waals surface area contributed by atoms with Gasteiger partial charge >= 0.3 is 6.03 Å². The molecule has 0 unspecified atom stereocenters. The maximum absolute atomic E-state index is 10.4. The first-order valence-electron chi connectivity index (χ1n) is 3.33. The number of amides is 2. The van der Waals surface area contributed by atoms with Gasteiger partial charge in [0.15, 0.2) is 0 Å². The molecule has 0 fully saturated rings. The fourth-order valence-electron chi connectivity index (χ4n) is 0.681. The van der Waals surface area contributed by atoms with Crippen LogP contribution in [0.2, 0.25) is 15.2 Å². The summed E-state index contributed by atoms with van der Waals surface area (Å²) in [6, 6.07) is -0.773. The van der Waals surface area contributed by atoms with Crippen LogP contribution in [-0.4, -0.2) is 11.0 Å². The molecule has 1 aromatic heterocycles. The molecule has 1 rings (SSSR count). The Hall–Kier alpha value is -0.910. The SMILES string of the molecule is NC(=O)NNc1c(Cl)cnc(Cl)c1Cl. The smallest absolute Gasteiger partial charge is 0.330 e. The number of pyridine rings is 1. The van der Waals surface area contributed by atoms with Gasteiger partial charge < -0.3 is 5.73 Å². The fraction of sp³-hybridized carbons (Fsp3) is 0. The third-order valence-corrected chi connectivity index (χ3v) is 2.28. The van der Waals surface area contributed by atoms with Crippen LogP contribution in [0.1, 0.15) is 0 Å². The second-order valence-electron chi connectivity index (χ2n) is 2.20. The van der Waals surface area contributed by atoms with Crippen LogP contribution in [0.25, 0.3) is 0 Å². The number of nitrogens with one attached hydrogen (secondary N) is 2. The number of urea groups is 1. The van der Waals surface area contributed by atoms with Gasteiger partial charge in [0.1, 0.15) is 10.2 Å². The monoisotopic (exact) mass is 254 g/mol. The summed E-state index contributed by atoms with van der Waals surface area (Å²) < 4.78 is 0. The molecular weight excluding hydrogens is 250 g/mol. The number of nitrogens with two attached hydrogens (primary N) is 1. The first-order valence-corrected chi connectivity index (χ1v) is 4.46. The van der Waals surface area contributed by atoms with Gasteiger partial charge in [-0.15, -0.1) is 0 Å². The maximum Gasteiger partial charge on any atom is 0.330 e. The highest BCUT2D eigenvalue weighted by atomic mass is 35.5. The molecule has 0 atom stereocenters. The number of hydrogen-bond donors (Lipinski definition) is 3. The average molecular weight is 255 g/mol. The van der Waals surface area contributed by atoms with Crippen molar-refractivity contribution in [2.24, 2.45) is 5.73 Å². The van der Waals surface area contributed by atoms with Crippen LogP contribution in [-0.2, 0) is 0 Å². The molecule has 0 radical (unpaired) electrons. The highest BCUT2D eigenvalue weighted by Crippen LogP contribution is 2.33. The summed E-state index contributed by atoms with van der Waals surface area (Å²) in [7, 11) is 0. The standard InChI is InChI=1S/C6H5Cl3N4O/c7-2-1-11-5(9)3(8)4(2)12-13-6(10)14/h1H,(H,11,12)(H3,10,13,14). The molecule has 1 heterocycles. The Morgan fingerprint density at radius 1 is 1.43 bits per heavy atom. The molecule has 0 aliphatic heterocycles. The number of carbonyl (C=O) groups excluding carboxylic acids is 1. The molecular formula is C6H5Cl3N4O. The first-order chi connectivity index (χ1) is 6.52. The molecule has 0 aliphatic rings. The van der Waals surface area contributed by atoms with Gasteiger partial charge in [-0.2, -0.15) is 0 Å². The van der Waals surface area contributed by atoms with Crippen molar-refractivity contribution in [1.82, 2.24) is 10.4 Å². The van der Waals surface area contributed by atoms with Gasteiger partial charge in [0.25, 0.3) is 0 Å². The number of anilines is 1. The molecule has 0 bridgehead atoms. The van der Waals surface area contributed by atoms with E-state index in [1.807, 2.05) is 0 Å². The predicted molar refractivity (Wildman–Crippen MR) is 55.6 cm³/mol. The predicted octanol–water partition coefficient (Wildman–Crippen LogP) is 2.04. The lowest BCUT2D eigenvalue weighted by Crippen LogP contribution is -2.34. The van der Waals surface area contributed by atoms with Gasteiger partial charge in [-0.1, -0.05) is 34.8 Å². The van der Waals surface area contributed by atoms with E-state index in [-0.39, 0.29) is 20.9 Å². The Morgan fingerprint density at radius 2 is 2.07 bits per heavy atom. The molecule has 5 nitrogen and oxygen atoms in total. The van der Waals surface area contributed by atoms with Crippen molar-refractivity contribution in [3.05, 3.63) is 21.4 Å². The van der Waals surface area contributed by atoms with E-state index in [1.54, 1.807) is 0 Å². The van der Waals surface area contributed by atoms with E-state index in [1.165, 1.54) is 6.20 Å². The molecule has 0 saturated carbocycles. The van der Waals surface area contributed by atoms with Crippen molar-refractivity contribution in [1.29, 1.82) is 0 Å². The molecule has 76 valence electrons. The zero-order valence-electron chi connectivity index (χ0n) is 6.64. The number of hydrazine groups is 1. The summed E-state index contributed by atoms with van der Waals surface area (Å²) in [5.41, 5.74) is 9.59. The average Bonchev–Trinajstić information content (AvgIpc) is 2.11. The minimum absolute atomic E-state index is 0.0739. The molecule has 0 saturated heterocycles. The van der Waals surface area contributed by atoms with E-state index < -0.39 is 6.03 Å². The normalized spacial score (nSPS) is 9.64. The van der Waals surface area contributed by atoms with E-state index in [9.17, 15) is 4.79 Å². The van der Waals surface area contributed by atoms with E-state index in [4.69, 9.17) is 40.5 Å². The van der Waals surface area contributed by atoms with Gasteiger partial charge in [0.05, 0.1) is 10.7 Å². The van der Waals surface area contributed by atoms with Crippen LogP contribution >= 0.6 is 34.8 Å². The number of hydrogen-bond acceptors (Lipinski definition) is 3. The van der Waals surface area contributed by atoms with Gasteiger partial charge in [-0.05, 0) is 0 Å². The van der Waals surface area contributed by atoms with Gasteiger partial charge in [0.2, 0.25) is 0 Å². The summed E-state index contributed by atoms with van der Waals surface area (Å²) in [4.78, 5) is 14.1. The van der Waals surface area contributed by atoms with Gasteiger partial charge in [-0.25, -0.2) is 9.78 Å². The lowest BCUT2D eigenvalue weighted by atomic mass is 10.4. The number of primary amides is 1. The number of aromatic nitrogens is 1. The third kappa shape index (κ3) is 2.54. The summed E-state index contributed by atoms with van der Waals surface area (Å²) in [5, 5.41) is 0.394. The molecule has 2 amide bonds. The highest BCUT2D eigenvalue weighted by Gasteiger charge is 2.10. The van der Waals surface area contributed by atoms with E-state index in [0.29, 0.717) is 0 Å². The summed E-state index contributed by atoms with van der Waals surface area (Å²) in [5.74, 6) is 0. The van der Waals surface area contributed by atoms with Crippen LogP contribution in [0, 0.1) is 0 Å². The zero-order valence-corrected chi connectivity index (χ0v) is 8.91. The van der Waals surface area contributed by atoms with Crippen LogP contribution in [0.4, 0.5) is 10.5 Å². The Labute approximate surface area is 94.5 Å². The minimum atomic E-state index is -0.773. The Bertz CT molecular complexity index is 370. The second-order valence-corrected chi connectivity index (χ2v) is 3.34. The number of rotatable bonds is 2. The molecule has 4 N–H and O–H groups in total. The van der Waals surface area contributed by atoms with Crippen LogP contribution < -0.4 is 16.6 Å². The Kier molecular flexibility index (Phi) is 3.62. The second kappa shape index (κ2) is 4.54. The van der Waals surface area contributed by atoms with Gasteiger partial charge in [-0.3, -0.25) is 10.9 Å². The van der Waals surface area contributed by atoms with Crippen molar-refractivity contribution >= 4 is 46.5 Å². The minimum Gasteiger partial charge on any atom is -0.350 e. The largest absolute Gasteiger partial charge is 0.350 e. The molecule has 1 aromatic rings. The quantitative estimate of drug-likeness (QED) is 0.559. The summed E-state index contributed by atoms with van der Waals surface area (Å²) >= 11 is 17.1. The third-order valence-electron chi connectivity index (χ3n) is 1.24. The van der Waals surface area contributed by atoms with Crippen molar-refractivity contribution in [3.8, 4) is 0 Å². The lowest BCUT2D eigenvalue weighted by molar-refractivity contribution is 0.250. The molecule has 0 aliphatic carbocycles. The zero-order chi connectivity index (χ0) is 10.7. The van der Waals surface area contributed by atoms with Crippen LogP contribution in [0.5, 0.6) is 0 Å². The van der Waals surface area contributed by atoms with Crippen molar-refractivity contribution in [3.63, 3.8) is 0 Å². The van der Waals surface area contributed by atoms with Crippen molar-refractivity contribution < 1.29 is 4.79 Å². The first kappa shape index (κ1) is 11.2. The van der Waals surface area contributed by atoms with E-state index in [0.717, 1.165) is 0 Å². The number of nitrogens with zero attached hydrogens (tertiary/aromatic N) is 1. The lowest BCUT2D eigenvalue weighted by Gasteiger charge is -2.09. The summed E-state index contributed by atoms with van der Waals surface area (Å²) in [6.07, 6.45) is 1.29. The topological polar surface area (TPSA) is 80.0 Å². The van der Waals surface area contributed by atoms with Crippen molar-refractivity contribution in [2.75, 3.05) is 5.43 Å². The molecule has 14 heavy (non-hydrogen) atoms. The van der Waals surface area contributed by atoms with Crippen LogP contribution in [0.15, 0.2) is 6.20 Å². The fourth-order valence-corrected chi connectivity index (χ4v) is 1.26. The Morgan fingerprint density at radius 3 is 2.64 bits per heavy atom. The number of halogens is 3. The maximum atomic E-state index is 10.4. The van der Waals surface area contributed by atoms with Gasteiger partial charge in [0, 0.05) is 6.20 Å². The molecule has 0 spiro atoms. The highest BCUT2D eigenvalue weighted by molar-refractivity contribution is 6.45.